The molecule has 0 unspecified atom stereocenters. The van der Waals surface area contributed by atoms with Crippen molar-refractivity contribution in [2.24, 2.45) is 0 Å². The molecular weight excluding hydrogens is 286 g/mol. The van der Waals surface area contributed by atoms with Crippen molar-refractivity contribution in [2.75, 3.05) is 32.7 Å². The predicted molar refractivity (Wildman–Crippen MR) is 93.5 cm³/mol. The first-order valence-electron chi connectivity index (χ1n) is 9.68. The predicted octanol–water partition coefficient (Wildman–Crippen LogP) is 2.87. The van der Waals surface area contributed by atoms with E-state index in [-0.39, 0.29) is 0 Å². The molecule has 5 nitrogen and oxygen atoms in total. The maximum atomic E-state index is 4.97. The Kier molecular flexibility index (Phi) is 6.06. The molecule has 1 aliphatic heterocycles. The minimum atomic E-state index is 0.619. The van der Waals surface area contributed by atoms with E-state index in [0.717, 1.165) is 32.0 Å². The highest BCUT2D eigenvalue weighted by Crippen LogP contribution is 2.32. The summed E-state index contributed by atoms with van der Waals surface area (Å²) in [6, 6.07) is 0. The fourth-order valence-corrected chi connectivity index (χ4v) is 3.82. The van der Waals surface area contributed by atoms with Gasteiger partial charge in [-0.2, -0.15) is 5.10 Å². The Bertz CT molecular complexity index is 470. The van der Waals surface area contributed by atoms with Gasteiger partial charge in [0, 0.05) is 38.6 Å². The van der Waals surface area contributed by atoms with E-state index < -0.39 is 0 Å². The van der Waals surface area contributed by atoms with Gasteiger partial charge >= 0.3 is 0 Å². The van der Waals surface area contributed by atoms with Crippen LogP contribution in [-0.4, -0.2) is 57.3 Å². The maximum absolute atomic E-state index is 4.97. The molecular formula is C18H33N5. The Hall–Kier alpha value is -0.940. The molecule has 1 saturated heterocycles. The van der Waals surface area contributed by atoms with Crippen LogP contribution < -0.4 is 0 Å². The van der Waals surface area contributed by atoms with Crippen LogP contribution in [0, 0.1) is 0 Å². The van der Waals surface area contributed by atoms with Crippen molar-refractivity contribution in [2.45, 2.75) is 71.4 Å². The lowest BCUT2D eigenvalue weighted by atomic mass is 10.1. The van der Waals surface area contributed by atoms with Crippen LogP contribution in [0.15, 0.2) is 0 Å². The van der Waals surface area contributed by atoms with Crippen molar-refractivity contribution in [3.05, 3.63) is 11.6 Å². The molecule has 5 heteroatoms. The van der Waals surface area contributed by atoms with E-state index in [2.05, 4.69) is 28.3 Å². The number of nitrogens with zero attached hydrogens (tertiary/aromatic N) is 5. The fraction of sp³-hybridized carbons (Fsp3) is 0.889. The molecule has 23 heavy (non-hydrogen) atoms. The number of aromatic nitrogens is 3. The molecule has 2 heterocycles. The van der Waals surface area contributed by atoms with Crippen LogP contribution in [0.4, 0.5) is 0 Å². The summed E-state index contributed by atoms with van der Waals surface area (Å²) in [6.45, 7) is 12.4. The summed E-state index contributed by atoms with van der Waals surface area (Å²) in [5, 5.41) is 4.89. The number of piperazine rings is 1. The summed E-state index contributed by atoms with van der Waals surface area (Å²) in [6.07, 6.45) is 7.68. The summed E-state index contributed by atoms with van der Waals surface area (Å²) in [5.74, 6) is 2.94. The summed E-state index contributed by atoms with van der Waals surface area (Å²) >= 11 is 0. The molecule has 1 aromatic rings. The van der Waals surface area contributed by atoms with Crippen LogP contribution in [0.25, 0.3) is 0 Å². The monoisotopic (exact) mass is 319 g/mol. The van der Waals surface area contributed by atoms with E-state index in [4.69, 9.17) is 10.1 Å². The highest BCUT2D eigenvalue weighted by molar-refractivity contribution is 5.02. The van der Waals surface area contributed by atoms with Crippen LogP contribution in [-0.2, 0) is 13.1 Å². The third-order valence-electron chi connectivity index (χ3n) is 5.49. The number of likely N-dealkylation sites (N-methyl/N-ethyl adjacent to an activating group) is 1. The van der Waals surface area contributed by atoms with Crippen molar-refractivity contribution < 1.29 is 0 Å². The molecule has 0 atom stereocenters. The van der Waals surface area contributed by atoms with Crippen LogP contribution >= 0.6 is 0 Å². The molecule has 0 spiro atoms. The summed E-state index contributed by atoms with van der Waals surface area (Å²) in [7, 11) is 0. The fourth-order valence-electron chi connectivity index (χ4n) is 3.82. The highest BCUT2D eigenvalue weighted by atomic mass is 15.4. The van der Waals surface area contributed by atoms with Gasteiger partial charge in [-0.05, 0) is 25.8 Å². The molecule has 130 valence electrons. The van der Waals surface area contributed by atoms with Crippen molar-refractivity contribution in [3.8, 4) is 0 Å². The molecule has 0 radical (unpaired) electrons. The quantitative estimate of drug-likeness (QED) is 0.774. The normalized spacial score (nSPS) is 21.3. The van der Waals surface area contributed by atoms with Gasteiger partial charge in [-0.3, -0.25) is 4.90 Å². The topological polar surface area (TPSA) is 37.2 Å². The minimum Gasteiger partial charge on any atom is -0.301 e. The molecule has 0 N–H and O–H groups in total. The number of unbranched alkanes of at least 4 members (excludes halogenated alkanes) is 1. The number of hydrogen-bond donors (Lipinski definition) is 0. The molecule has 0 amide bonds. The van der Waals surface area contributed by atoms with E-state index in [1.165, 1.54) is 64.0 Å². The molecule has 2 aliphatic rings. The molecule has 2 fully saturated rings. The summed E-state index contributed by atoms with van der Waals surface area (Å²) in [5.41, 5.74) is 0. The molecule has 1 aromatic heterocycles. The highest BCUT2D eigenvalue weighted by Gasteiger charge is 2.24. The van der Waals surface area contributed by atoms with Gasteiger partial charge < -0.3 is 4.90 Å². The average molecular weight is 319 g/mol. The standard InChI is InChI=1S/C18H33N5/c1-3-5-10-23-17(15-22-13-11-21(4-2)12-14-22)19-18(20-23)16-8-6-7-9-16/h16H,3-15H2,1-2H3. The zero-order chi connectivity index (χ0) is 16.1. The Balaban J connectivity index is 1.66. The van der Waals surface area contributed by atoms with Crippen LogP contribution in [0.5, 0.6) is 0 Å². The van der Waals surface area contributed by atoms with Gasteiger partial charge in [0.2, 0.25) is 0 Å². The van der Waals surface area contributed by atoms with Crippen LogP contribution in [0.1, 0.15) is 69.9 Å². The Morgan fingerprint density at radius 3 is 2.35 bits per heavy atom. The minimum absolute atomic E-state index is 0.619. The van der Waals surface area contributed by atoms with E-state index >= 15 is 0 Å². The molecule has 0 aromatic carbocycles. The number of rotatable bonds is 7. The zero-order valence-corrected chi connectivity index (χ0v) is 15.0. The van der Waals surface area contributed by atoms with Gasteiger partial charge in [0.05, 0.1) is 6.54 Å². The Labute approximate surface area is 141 Å². The van der Waals surface area contributed by atoms with Gasteiger partial charge in [-0.25, -0.2) is 9.67 Å². The zero-order valence-electron chi connectivity index (χ0n) is 15.0. The third-order valence-corrected chi connectivity index (χ3v) is 5.49. The lowest BCUT2D eigenvalue weighted by molar-refractivity contribution is 0.128. The van der Waals surface area contributed by atoms with Crippen molar-refractivity contribution in [1.82, 2.24) is 24.6 Å². The number of hydrogen-bond acceptors (Lipinski definition) is 4. The summed E-state index contributed by atoms with van der Waals surface area (Å²) < 4.78 is 2.21. The second-order valence-corrected chi connectivity index (χ2v) is 7.15. The first-order valence-corrected chi connectivity index (χ1v) is 9.68. The van der Waals surface area contributed by atoms with E-state index in [0.29, 0.717) is 5.92 Å². The van der Waals surface area contributed by atoms with E-state index in [1.54, 1.807) is 0 Å². The smallest absolute Gasteiger partial charge is 0.154 e. The SMILES string of the molecule is CCCCn1nc(C2CCCC2)nc1CN1CCN(CC)CC1. The van der Waals surface area contributed by atoms with E-state index in [9.17, 15) is 0 Å². The lowest BCUT2D eigenvalue weighted by Gasteiger charge is -2.33. The molecule has 0 bridgehead atoms. The van der Waals surface area contributed by atoms with E-state index in [1.807, 2.05) is 0 Å². The van der Waals surface area contributed by atoms with Gasteiger partial charge in [-0.1, -0.05) is 33.1 Å². The first kappa shape index (κ1) is 16.9. The number of aryl methyl sites for hydroxylation is 1. The van der Waals surface area contributed by atoms with Crippen molar-refractivity contribution in [3.63, 3.8) is 0 Å². The van der Waals surface area contributed by atoms with Crippen molar-refractivity contribution in [1.29, 1.82) is 0 Å². The first-order chi connectivity index (χ1) is 11.3. The average Bonchev–Trinajstić information content (AvgIpc) is 3.23. The van der Waals surface area contributed by atoms with Gasteiger partial charge in [0.1, 0.15) is 5.82 Å². The second-order valence-electron chi connectivity index (χ2n) is 7.15. The Morgan fingerprint density at radius 1 is 1.00 bits per heavy atom. The maximum Gasteiger partial charge on any atom is 0.154 e. The molecule has 1 saturated carbocycles. The lowest BCUT2D eigenvalue weighted by Crippen LogP contribution is -2.45. The van der Waals surface area contributed by atoms with Crippen molar-refractivity contribution >= 4 is 0 Å². The largest absolute Gasteiger partial charge is 0.301 e. The molecule has 1 aliphatic carbocycles. The third kappa shape index (κ3) is 4.32. The van der Waals surface area contributed by atoms with Crippen LogP contribution in [0.3, 0.4) is 0 Å². The van der Waals surface area contributed by atoms with Gasteiger partial charge in [0.25, 0.3) is 0 Å². The van der Waals surface area contributed by atoms with Gasteiger partial charge in [0.15, 0.2) is 5.82 Å². The summed E-state index contributed by atoms with van der Waals surface area (Å²) in [4.78, 5) is 10.1. The Morgan fingerprint density at radius 2 is 1.70 bits per heavy atom. The second kappa shape index (κ2) is 8.25. The van der Waals surface area contributed by atoms with Crippen LogP contribution in [0.2, 0.25) is 0 Å². The van der Waals surface area contributed by atoms with Gasteiger partial charge in [-0.15, -0.1) is 0 Å². The molecule has 3 rings (SSSR count).